The standard InChI is InChI=1S/C60H86O19/c1-26-13-33-7-9-37-27(2)14-35(65-37)11-12-58-23-46-54(78-58)55-56(72-46)57(79-58)53-38(69-55)10-8-34(67-53)16-48(64)73-52-31(6)51-43(68-42(52)17-39(66-33)30(26)5)19-41-45(71-51)22-60(74-41)24-47-50(77-60)29(4)21-59(76-47)20-28(3)49-44(75-59)18-40(70-49)36(63)15-32(62)25-61/h26,28-29,31-47,49-57,61-63H,2,5,7-25H2,1,3-4,6H3/t26-,28+,29+,31+,32-,33+,34-,35+,36+,37+,38+,39-,40+,41-,42+,43+,44+,45-,46-,47+,49+,50+,51+,52-,53+,54+,55+,56+,57+,58+,59-,60+/m1/s1. The lowest BCUT2D eigenvalue weighted by Crippen LogP contribution is -2.62. The Labute approximate surface area is 463 Å². The number of carbonyl (C=O) groups is 1. The topological polar surface area (TPSA) is 216 Å². The molecule has 0 aromatic rings. The van der Waals surface area contributed by atoms with Crippen molar-refractivity contribution in [2.24, 2.45) is 23.7 Å². The third-order valence-corrected chi connectivity index (χ3v) is 21.9. The van der Waals surface area contributed by atoms with E-state index in [1.807, 2.05) is 0 Å². The van der Waals surface area contributed by atoms with Crippen LogP contribution in [0.4, 0.5) is 0 Å². The van der Waals surface area contributed by atoms with Gasteiger partial charge in [-0.3, -0.25) is 4.79 Å². The van der Waals surface area contributed by atoms with Crippen LogP contribution in [0.15, 0.2) is 24.3 Å². The molecule has 16 aliphatic rings. The van der Waals surface area contributed by atoms with Crippen LogP contribution in [0.3, 0.4) is 0 Å². The van der Waals surface area contributed by atoms with E-state index in [1.54, 1.807) is 0 Å². The molecule has 19 heteroatoms. The molecule has 0 amide bonds. The van der Waals surface area contributed by atoms with Gasteiger partial charge in [-0.05, 0) is 73.8 Å². The van der Waals surface area contributed by atoms with Gasteiger partial charge >= 0.3 is 5.97 Å². The summed E-state index contributed by atoms with van der Waals surface area (Å²) in [4.78, 5) is 14.6. The molecule has 16 saturated heterocycles. The maximum Gasteiger partial charge on any atom is 0.308 e. The summed E-state index contributed by atoms with van der Waals surface area (Å²) in [6.45, 7) is 17.4. The van der Waals surface area contributed by atoms with Crippen LogP contribution in [0.5, 0.6) is 0 Å². The first-order valence-corrected chi connectivity index (χ1v) is 30.8. The molecule has 12 bridgehead atoms. The minimum atomic E-state index is -1.02. The number of aliphatic hydroxyl groups is 3. The number of rotatable bonds is 4. The highest BCUT2D eigenvalue weighted by atomic mass is 16.8. The van der Waals surface area contributed by atoms with Crippen LogP contribution in [-0.4, -0.2) is 198 Å². The van der Waals surface area contributed by atoms with E-state index in [2.05, 4.69) is 40.9 Å². The van der Waals surface area contributed by atoms with Gasteiger partial charge in [0.15, 0.2) is 17.4 Å². The van der Waals surface area contributed by atoms with Crippen molar-refractivity contribution in [2.75, 3.05) is 6.61 Å². The first kappa shape index (κ1) is 54.0. The second-order valence-corrected chi connectivity index (χ2v) is 27.5. The molecule has 3 spiro atoms. The monoisotopic (exact) mass is 1110 g/mol. The number of fused-ring (bicyclic) bond motifs is 10. The number of ether oxygens (including phenoxy) is 15. The molecule has 16 fully saturated rings. The van der Waals surface area contributed by atoms with Crippen molar-refractivity contribution in [1.82, 2.24) is 0 Å². The fraction of sp³-hybridized carbons (Fsp3) is 0.917. The van der Waals surface area contributed by atoms with E-state index < -0.39 is 72.8 Å². The van der Waals surface area contributed by atoms with Crippen molar-refractivity contribution >= 4 is 5.97 Å². The Morgan fingerprint density at radius 3 is 2.03 bits per heavy atom. The Kier molecular flexibility index (Phi) is 13.8. The van der Waals surface area contributed by atoms with Crippen molar-refractivity contribution < 1.29 is 91.2 Å². The average Bonchev–Trinajstić information content (AvgIpc) is 4.25. The molecule has 0 aromatic heterocycles. The van der Waals surface area contributed by atoms with E-state index >= 15 is 0 Å². The molecule has 16 aliphatic heterocycles. The van der Waals surface area contributed by atoms with E-state index in [4.69, 9.17) is 71.1 Å². The number of aliphatic hydroxyl groups excluding tert-OH is 3. The predicted molar refractivity (Wildman–Crippen MR) is 274 cm³/mol. The molecule has 0 aliphatic carbocycles. The summed E-state index contributed by atoms with van der Waals surface area (Å²) >= 11 is 0. The fourth-order valence-electron chi connectivity index (χ4n) is 18.2. The summed E-state index contributed by atoms with van der Waals surface area (Å²) in [5.41, 5.74) is 2.15. The van der Waals surface area contributed by atoms with Crippen molar-refractivity contribution in [1.29, 1.82) is 0 Å². The fourth-order valence-corrected chi connectivity index (χ4v) is 18.2. The summed E-state index contributed by atoms with van der Waals surface area (Å²) in [6, 6.07) is 0. The van der Waals surface area contributed by atoms with Crippen molar-refractivity contribution in [3.8, 4) is 0 Å². The minimum Gasteiger partial charge on any atom is -0.459 e. The lowest BCUT2D eigenvalue weighted by Gasteiger charge is -2.50. The third-order valence-electron chi connectivity index (χ3n) is 21.9. The molecule has 0 radical (unpaired) electrons. The minimum absolute atomic E-state index is 0.0143. The number of hydrogen-bond acceptors (Lipinski definition) is 19. The van der Waals surface area contributed by atoms with Gasteiger partial charge in [0, 0.05) is 70.1 Å². The van der Waals surface area contributed by atoms with Crippen molar-refractivity contribution in [3.63, 3.8) is 0 Å². The number of hydrogen-bond donors (Lipinski definition) is 3. The maximum atomic E-state index is 14.6. The molecule has 16 rings (SSSR count). The largest absolute Gasteiger partial charge is 0.459 e. The van der Waals surface area contributed by atoms with Gasteiger partial charge in [-0.25, -0.2) is 0 Å². The first-order valence-electron chi connectivity index (χ1n) is 30.8. The van der Waals surface area contributed by atoms with Gasteiger partial charge < -0.3 is 86.4 Å². The zero-order chi connectivity index (χ0) is 54.0. The van der Waals surface area contributed by atoms with E-state index in [0.29, 0.717) is 64.2 Å². The van der Waals surface area contributed by atoms with Gasteiger partial charge in [0.05, 0.1) is 129 Å². The molecular weight excluding hydrogens is 1020 g/mol. The molecule has 16 heterocycles. The van der Waals surface area contributed by atoms with Crippen LogP contribution in [0.2, 0.25) is 0 Å². The zero-order valence-corrected chi connectivity index (χ0v) is 46.5. The average molecular weight is 1110 g/mol. The zero-order valence-electron chi connectivity index (χ0n) is 46.5. The van der Waals surface area contributed by atoms with Gasteiger partial charge in [-0.15, -0.1) is 0 Å². The Balaban J connectivity index is 0.655. The van der Waals surface area contributed by atoms with Crippen LogP contribution in [0.1, 0.15) is 143 Å². The molecule has 19 nitrogen and oxygen atoms in total. The lowest BCUT2D eigenvalue weighted by atomic mass is 9.79. The van der Waals surface area contributed by atoms with Gasteiger partial charge in [0.1, 0.15) is 36.6 Å². The smallest absolute Gasteiger partial charge is 0.308 e. The van der Waals surface area contributed by atoms with Gasteiger partial charge in [-0.1, -0.05) is 40.9 Å². The molecule has 79 heavy (non-hydrogen) atoms. The summed E-state index contributed by atoms with van der Waals surface area (Å²) in [5, 5.41) is 30.3. The highest BCUT2D eigenvalue weighted by molar-refractivity contribution is 5.70. The molecule has 440 valence electrons. The quantitative estimate of drug-likeness (QED) is 0.251. The summed E-state index contributed by atoms with van der Waals surface area (Å²) in [5.74, 6) is -2.77. The summed E-state index contributed by atoms with van der Waals surface area (Å²) in [7, 11) is 0. The summed E-state index contributed by atoms with van der Waals surface area (Å²) in [6.07, 6.45) is 2.17. The second kappa shape index (κ2) is 20.2. The Hall–Kier alpha value is -1.73. The normalized spacial score (nSPS) is 57.2. The first-order chi connectivity index (χ1) is 38.0. The number of carbonyl (C=O) groups excluding carboxylic acids is 1. The van der Waals surface area contributed by atoms with Crippen LogP contribution in [-0.2, 0) is 75.8 Å². The van der Waals surface area contributed by atoms with Gasteiger partial charge in [0.2, 0.25) is 0 Å². The van der Waals surface area contributed by atoms with Crippen LogP contribution < -0.4 is 0 Å². The molecule has 32 atom stereocenters. The molecule has 0 unspecified atom stereocenters. The molecular formula is C60H86O19. The van der Waals surface area contributed by atoms with Crippen LogP contribution in [0.25, 0.3) is 0 Å². The molecule has 3 N–H and O–H groups in total. The van der Waals surface area contributed by atoms with Crippen molar-refractivity contribution in [3.05, 3.63) is 24.3 Å². The van der Waals surface area contributed by atoms with Crippen LogP contribution >= 0.6 is 0 Å². The predicted octanol–water partition coefficient (Wildman–Crippen LogP) is 4.93. The van der Waals surface area contributed by atoms with Gasteiger partial charge in [0.25, 0.3) is 0 Å². The third kappa shape index (κ3) is 9.43. The molecule has 0 saturated carbocycles. The Morgan fingerprint density at radius 2 is 1.18 bits per heavy atom. The van der Waals surface area contributed by atoms with Gasteiger partial charge in [-0.2, -0.15) is 0 Å². The SMILES string of the molecule is C=C1C[C@@H]2CC[C@@]34C[C@H]5O[C@@H]6[C@@H](O3)[C@H]3O[C@H](CC[C@@H]3O[C@H]6[C@H]5O4)CC(=O)O[C@@H]3[C@@H](C)[C@@H]4O[C@@H]5C[C@]6(C[C@@H]7O[C@]8(C[C@H](C)[C@@H]9O[C@H]([C@@H](O)C[C@@H](O)CO)C[C@@H]9O8)C[C@H](C)[C@@H]7O6)O[C@@H]5C[C@@H]4O[C@H]3C[C@H]3O[C@@H](CC[C@@H]1O2)C[C@@H](C)C3=C. The highest BCUT2D eigenvalue weighted by Crippen LogP contribution is 2.58. The Bertz CT molecular complexity index is 2340. The van der Waals surface area contributed by atoms with E-state index in [0.717, 1.165) is 49.7 Å². The van der Waals surface area contributed by atoms with E-state index in [1.165, 1.54) is 0 Å². The van der Waals surface area contributed by atoms with Crippen LogP contribution in [0, 0.1) is 23.7 Å². The second-order valence-electron chi connectivity index (χ2n) is 27.5. The van der Waals surface area contributed by atoms with Crippen molar-refractivity contribution in [2.45, 2.75) is 313 Å². The summed E-state index contributed by atoms with van der Waals surface area (Å²) < 4.78 is 104. The highest BCUT2D eigenvalue weighted by Gasteiger charge is 2.70. The number of esters is 1. The molecule has 0 aromatic carbocycles. The van der Waals surface area contributed by atoms with E-state index in [-0.39, 0.29) is 146 Å². The lowest BCUT2D eigenvalue weighted by molar-refractivity contribution is -0.347. The maximum absolute atomic E-state index is 14.6. The Morgan fingerprint density at radius 1 is 0.506 bits per heavy atom. The van der Waals surface area contributed by atoms with E-state index in [9.17, 15) is 20.1 Å².